The van der Waals surface area contributed by atoms with Crippen LogP contribution >= 0.6 is 0 Å². The van der Waals surface area contributed by atoms with Gasteiger partial charge < -0.3 is 9.47 Å². The van der Waals surface area contributed by atoms with Gasteiger partial charge in [0.15, 0.2) is 0 Å². The maximum absolute atomic E-state index is 11.7. The smallest absolute Gasteiger partial charge is 0.308 e. The molecule has 1 aliphatic carbocycles. The SMILES string of the molecule is COc1ccc(C2(c3ccc(OC(C)=O)c(C)c3)c3ccc(C)cc3-c3c(C)cccc32)cc1C. The number of fused-ring (bicyclic) bond motifs is 3. The Bertz CT molecular complexity index is 1480. The molecule has 1 atom stereocenters. The predicted octanol–water partition coefficient (Wildman–Crippen LogP) is 7.22. The van der Waals surface area contributed by atoms with Gasteiger partial charge >= 0.3 is 5.97 Å². The first kappa shape index (κ1) is 22.9. The summed E-state index contributed by atoms with van der Waals surface area (Å²) in [6.45, 7) is 9.86. The molecule has 176 valence electrons. The van der Waals surface area contributed by atoms with Crippen molar-refractivity contribution in [2.45, 2.75) is 40.0 Å². The number of hydrogen-bond donors (Lipinski definition) is 0. The molecule has 0 heterocycles. The lowest BCUT2D eigenvalue weighted by Gasteiger charge is -2.35. The number of aryl methyl sites for hydroxylation is 4. The summed E-state index contributed by atoms with van der Waals surface area (Å²) in [4.78, 5) is 11.7. The van der Waals surface area contributed by atoms with Gasteiger partial charge in [-0.2, -0.15) is 0 Å². The minimum Gasteiger partial charge on any atom is -0.496 e. The van der Waals surface area contributed by atoms with Gasteiger partial charge in [-0.3, -0.25) is 4.79 Å². The van der Waals surface area contributed by atoms with Crippen LogP contribution in [0.25, 0.3) is 11.1 Å². The molecular formula is C32H30O3. The van der Waals surface area contributed by atoms with Gasteiger partial charge in [0.1, 0.15) is 11.5 Å². The standard InChI is InChI=1S/C32H30O3/c1-19-10-13-27-26(16-19)31-20(2)8-7-9-28(31)32(27,24-11-14-29(34-6)21(3)17-24)25-12-15-30(22(4)18-25)35-23(5)33/h7-18H,1-6H3. The van der Waals surface area contributed by atoms with Gasteiger partial charge in [0.05, 0.1) is 12.5 Å². The highest BCUT2D eigenvalue weighted by Gasteiger charge is 2.47. The van der Waals surface area contributed by atoms with Crippen LogP contribution in [0, 0.1) is 27.7 Å². The molecule has 0 aliphatic heterocycles. The van der Waals surface area contributed by atoms with Crippen molar-refractivity contribution in [2.24, 2.45) is 0 Å². The van der Waals surface area contributed by atoms with Crippen molar-refractivity contribution in [1.82, 2.24) is 0 Å². The fourth-order valence-electron chi connectivity index (χ4n) is 5.73. The van der Waals surface area contributed by atoms with E-state index >= 15 is 0 Å². The minimum atomic E-state index is -0.513. The van der Waals surface area contributed by atoms with Gasteiger partial charge in [-0.05, 0) is 89.9 Å². The Kier molecular flexibility index (Phi) is 5.52. The van der Waals surface area contributed by atoms with Crippen molar-refractivity contribution in [3.8, 4) is 22.6 Å². The molecular weight excluding hydrogens is 432 g/mol. The largest absolute Gasteiger partial charge is 0.496 e. The Morgan fingerprint density at radius 3 is 1.97 bits per heavy atom. The fraction of sp³-hybridized carbons (Fsp3) is 0.219. The van der Waals surface area contributed by atoms with E-state index in [0.717, 1.165) is 22.4 Å². The van der Waals surface area contributed by atoms with E-state index in [1.54, 1.807) is 7.11 Å². The molecule has 0 fully saturated rings. The average Bonchev–Trinajstić information content (AvgIpc) is 3.11. The van der Waals surface area contributed by atoms with E-state index < -0.39 is 5.41 Å². The van der Waals surface area contributed by atoms with Crippen LogP contribution in [0.5, 0.6) is 11.5 Å². The average molecular weight is 463 g/mol. The first-order valence-electron chi connectivity index (χ1n) is 11.9. The van der Waals surface area contributed by atoms with Crippen LogP contribution in [0.1, 0.15) is 51.4 Å². The van der Waals surface area contributed by atoms with Crippen LogP contribution in [0.2, 0.25) is 0 Å². The molecule has 5 rings (SSSR count). The number of hydrogen-bond acceptors (Lipinski definition) is 3. The normalized spacial score (nSPS) is 15.9. The van der Waals surface area contributed by atoms with Gasteiger partial charge in [0, 0.05) is 6.92 Å². The van der Waals surface area contributed by atoms with Crippen molar-refractivity contribution in [3.05, 3.63) is 117 Å². The zero-order valence-electron chi connectivity index (χ0n) is 21.2. The minimum absolute atomic E-state index is 0.316. The second-order valence-corrected chi connectivity index (χ2v) is 9.55. The molecule has 0 bridgehead atoms. The second-order valence-electron chi connectivity index (χ2n) is 9.55. The molecule has 0 N–H and O–H groups in total. The highest BCUT2D eigenvalue weighted by atomic mass is 16.5. The monoisotopic (exact) mass is 462 g/mol. The lowest BCUT2D eigenvalue weighted by molar-refractivity contribution is -0.131. The number of rotatable bonds is 4. The molecule has 1 unspecified atom stereocenters. The van der Waals surface area contributed by atoms with E-state index in [9.17, 15) is 4.79 Å². The summed E-state index contributed by atoms with van der Waals surface area (Å²) in [5, 5.41) is 0. The third-order valence-electron chi connectivity index (χ3n) is 7.21. The summed E-state index contributed by atoms with van der Waals surface area (Å²) in [5.74, 6) is 1.15. The maximum Gasteiger partial charge on any atom is 0.308 e. The van der Waals surface area contributed by atoms with Crippen LogP contribution in [0.4, 0.5) is 0 Å². The van der Waals surface area contributed by atoms with Gasteiger partial charge in [-0.15, -0.1) is 0 Å². The highest BCUT2D eigenvalue weighted by Crippen LogP contribution is 2.57. The molecule has 0 saturated carbocycles. The van der Waals surface area contributed by atoms with Crippen molar-refractivity contribution in [2.75, 3.05) is 7.11 Å². The summed E-state index contributed by atoms with van der Waals surface area (Å²) in [6, 6.07) is 26.1. The Labute approximate surface area is 207 Å². The number of esters is 1. The van der Waals surface area contributed by atoms with Crippen LogP contribution in [0.3, 0.4) is 0 Å². The van der Waals surface area contributed by atoms with Gasteiger partial charge in [0.2, 0.25) is 0 Å². The second kappa shape index (κ2) is 8.42. The van der Waals surface area contributed by atoms with E-state index in [4.69, 9.17) is 9.47 Å². The van der Waals surface area contributed by atoms with Gasteiger partial charge in [0.25, 0.3) is 0 Å². The number of methoxy groups -OCH3 is 1. The maximum atomic E-state index is 11.7. The highest BCUT2D eigenvalue weighted by molar-refractivity contribution is 5.88. The zero-order valence-corrected chi connectivity index (χ0v) is 21.2. The summed E-state index contributed by atoms with van der Waals surface area (Å²) < 4.78 is 11.1. The third-order valence-corrected chi connectivity index (χ3v) is 7.21. The summed E-state index contributed by atoms with van der Waals surface area (Å²) in [6.07, 6.45) is 0. The first-order valence-corrected chi connectivity index (χ1v) is 11.9. The van der Waals surface area contributed by atoms with Gasteiger partial charge in [-0.1, -0.05) is 66.2 Å². The lowest BCUT2D eigenvalue weighted by atomic mass is 9.67. The summed E-state index contributed by atoms with van der Waals surface area (Å²) in [7, 11) is 1.71. The fourth-order valence-corrected chi connectivity index (χ4v) is 5.73. The quantitative estimate of drug-likeness (QED) is 0.209. The Morgan fingerprint density at radius 2 is 1.37 bits per heavy atom. The zero-order chi connectivity index (χ0) is 24.9. The molecule has 3 nitrogen and oxygen atoms in total. The van der Waals surface area contributed by atoms with Crippen molar-refractivity contribution in [3.63, 3.8) is 0 Å². The third kappa shape index (κ3) is 3.46. The van der Waals surface area contributed by atoms with E-state index in [1.165, 1.54) is 45.9 Å². The van der Waals surface area contributed by atoms with Crippen molar-refractivity contribution in [1.29, 1.82) is 0 Å². The van der Waals surface area contributed by atoms with E-state index in [-0.39, 0.29) is 5.97 Å². The van der Waals surface area contributed by atoms with Crippen LogP contribution in [-0.2, 0) is 10.2 Å². The number of carbonyl (C=O) groups excluding carboxylic acids is 1. The topological polar surface area (TPSA) is 35.5 Å². The molecule has 3 heteroatoms. The first-order chi connectivity index (χ1) is 16.8. The molecule has 0 radical (unpaired) electrons. The van der Waals surface area contributed by atoms with Gasteiger partial charge in [-0.25, -0.2) is 0 Å². The molecule has 0 amide bonds. The van der Waals surface area contributed by atoms with Crippen LogP contribution in [0.15, 0.2) is 72.8 Å². The number of carbonyl (C=O) groups is 1. The molecule has 35 heavy (non-hydrogen) atoms. The van der Waals surface area contributed by atoms with E-state index in [2.05, 4.69) is 87.5 Å². The molecule has 0 aromatic heterocycles. The molecule has 0 saturated heterocycles. The van der Waals surface area contributed by atoms with Crippen molar-refractivity contribution < 1.29 is 14.3 Å². The van der Waals surface area contributed by atoms with Crippen LogP contribution in [-0.4, -0.2) is 13.1 Å². The Balaban J connectivity index is 1.91. The molecule has 0 spiro atoms. The Morgan fingerprint density at radius 1 is 0.714 bits per heavy atom. The Hall–Kier alpha value is -3.85. The molecule has 4 aromatic carbocycles. The number of benzene rings is 4. The summed E-state index contributed by atoms with van der Waals surface area (Å²) in [5.41, 5.74) is 11.4. The van der Waals surface area contributed by atoms with Crippen molar-refractivity contribution >= 4 is 5.97 Å². The van der Waals surface area contributed by atoms with E-state index in [0.29, 0.717) is 5.75 Å². The van der Waals surface area contributed by atoms with E-state index in [1.807, 2.05) is 13.0 Å². The molecule has 1 aliphatic rings. The van der Waals surface area contributed by atoms with Crippen LogP contribution < -0.4 is 9.47 Å². The molecule has 4 aromatic rings. The predicted molar refractivity (Wildman–Crippen MR) is 141 cm³/mol. The summed E-state index contributed by atoms with van der Waals surface area (Å²) >= 11 is 0. The number of ether oxygens (including phenoxy) is 2. The lowest BCUT2D eigenvalue weighted by Crippen LogP contribution is -2.29.